The van der Waals surface area contributed by atoms with Gasteiger partial charge in [0, 0.05) is 0 Å². The summed E-state index contributed by atoms with van der Waals surface area (Å²) < 4.78 is 18.4. The minimum Gasteiger partial charge on any atom is -0.396 e. The highest BCUT2D eigenvalue weighted by molar-refractivity contribution is 8.24. The van der Waals surface area contributed by atoms with Crippen molar-refractivity contribution in [2.45, 2.75) is 0 Å². The Morgan fingerprint density at radius 2 is 0.842 bits per heavy atom. The first-order chi connectivity index (χ1) is 8.24. The van der Waals surface area contributed by atoms with E-state index in [1.165, 1.54) is 0 Å². The summed E-state index contributed by atoms with van der Waals surface area (Å²) in [6.45, 7) is -1.62. The van der Waals surface area contributed by atoms with Crippen molar-refractivity contribution in [3.63, 3.8) is 0 Å². The van der Waals surface area contributed by atoms with E-state index in [9.17, 15) is 4.57 Å². The van der Waals surface area contributed by atoms with Crippen LogP contribution in [0.15, 0.2) is 0 Å². The zero-order chi connectivity index (χ0) is 16.3. The summed E-state index contributed by atoms with van der Waals surface area (Å²) in [7, 11) is -4.64. The highest BCUT2D eigenvalue weighted by Crippen LogP contribution is 2.61. The van der Waals surface area contributed by atoms with Gasteiger partial charge in [0.15, 0.2) is 0 Å². The Bertz CT molecular complexity index is 244. The minimum atomic E-state index is -4.64. The van der Waals surface area contributed by atoms with Gasteiger partial charge in [-0.25, -0.2) is 4.57 Å². The molecule has 0 aliphatic heterocycles. The van der Waals surface area contributed by atoms with Crippen LogP contribution >= 0.6 is 46.7 Å². The van der Waals surface area contributed by atoms with E-state index in [0.29, 0.717) is 0 Å². The van der Waals surface area contributed by atoms with Gasteiger partial charge in [0.1, 0.15) is 0 Å². The molecule has 0 radical (unpaired) electrons. The predicted molar refractivity (Wildman–Crippen MR) is 70.2 cm³/mol. The van der Waals surface area contributed by atoms with Crippen LogP contribution in [0.3, 0.4) is 0 Å². The molecule has 7 N–H and O–H groups in total. The monoisotopic (exact) mass is 386 g/mol. The lowest BCUT2D eigenvalue weighted by Crippen LogP contribution is -2.37. The molecule has 0 aliphatic carbocycles. The molecule has 0 atom stereocenters. The first-order valence-corrected chi connectivity index (χ1v) is 10.1. The van der Waals surface area contributed by atoms with E-state index in [2.05, 4.69) is 33.7 Å². The molecule has 0 amide bonds. The summed E-state index contributed by atoms with van der Waals surface area (Å²) in [5.74, 6) is 0. The standard InChI is InChI=1S/C5H12O4.Cl3OP.H3O4P/c6-1-5(2-7,3-8)4-9;2*1-5(2,3)4/h6-9H,1-4H2;;(H3,1,2,3,4). The maximum absolute atomic E-state index is 9.51. The Labute approximate surface area is 123 Å². The molecule has 0 heterocycles. The lowest BCUT2D eigenvalue weighted by atomic mass is 9.93. The van der Waals surface area contributed by atoms with Crippen LogP contribution in [-0.4, -0.2) is 61.5 Å². The molecule has 0 aromatic heterocycles. The van der Waals surface area contributed by atoms with E-state index < -0.39 is 44.9 Å². The van der Waals surface area contributed by atoms with E-state index in [1.54, 1.807) is 0 Å². The third-order valence-electron chi connectivity index (χ3n) is 1.34. The Morgan fingerprint density at radius 1 is 0.737 bits per heavy atom. The third-order valence-corrected chi connectivity index (χ3v) is 1.34. The molecule has 0 aliphatic rings. The molecule has 0 saturated heterocycles. The van der Waals surface area contributed by atoms with Crippen LogP contribution in [-0.2, 0) is 9.13 Å². The fourth-order valence-corrected chi connectivity index (χ4v) is 0.300. The Kier molecular flexibility index (Phi) is 15.4. The van der Waals surface area contributed by atoms with E-state index in [4.69, 9.17) is 39.7 Å². The highest BCUT2D eigenvalue weighted by Gasteiger charge is 2.26. The number of aliphatic hydroxyl groups is 4. The van der Waals surface area contributed by atoms with E-state index in [0.717, 1.165) is 0 Å². The fourth-order valence-electron chi connectivity index (χ4n) is 0.300. The zero-order valence-electron chi connectivity index (χ0n) is 9.30. The molecule has 0 aromatic rings. The normalized spacial score (nSPS) is 11.9. The van der Waals surface area contributed by atoms with Gasteiger partial charge in [-0.1, -0.05) is 0 Å². The van der Waals surface area contributed by atoms with Crippen molar-refractivity contribution in [3.05, 3.63) is 0 Å². The van der Waals surface area contributed by atoms with Crippen LogP contribution in [0.25, 0.3) is 0 Å². The lowest BCUT2D eigenvalue weighted by molar-refractivity contribution is -0.0328. The van der Waals surface area contributed by atoms with E-state index in [1.807, 2.05) is 0 Å². The molecular formula is C5H15Cl3O9P2. The number of halogens is 3. The van der Waals surface area contributed by atoms with Crippen molar-refractivity contribution in [1.82, 2.24) is 0 Å². The van der Waals surface area contributed by atoms with Gasteiger partial charge in [-0.15, -0.1) is 0 Å². The van der Waals surface area contributed by atoms with Crippen LogP contribution < -0.4 is 0 Å². The molecule has 0 fully saturated rings. The van der Waals surface area contributed by atoms with Gasteiger partial charge in [-0.2, -0.15) is 0 Å². The van der Waals surface area contributed by atoms with Crippen molar-refractivity contribution in [2.24, 2.45) is 5.41 Å². The van der Waals surface area contributed by atoms with Gasteiger partial charge in [0.05, 0.1) is 31.8 Å². The lowest BCUT2D eigenvalue weighted by Gasteiger charge is -2.23. The largest absolute Gasteiger partial charge is 0.466 e. The van der Waals surface area contributed by atoms with Crippen molar-refractivity contribution in [3.8, 4) is 0 Å². The van der Waals surface area contributed by atoms with Gasteiger partial charge >= 0.3 is 13.0 Å². The van der Waals surface area contributed by atoms with Crippen LogP contribution in [0.4, 0.5) is 0 Å². The first kappa shape index (κ1) is 25.0. The topological polar surface area (TPSA) is 176 Å². The summed E-state index contributed by atoms with van der Waals surface area (Å²) in [5, 5.41) is 30.8. The van der Waals surface area contributed by atoms with Crippen LogP contribution in [0.1, 0.15) is 0 Å². The molecule has 19 heavy (non-hydrogen) atoms. The first-order valence-electron chi connectivity index (χ1n) is 4.15. The van der Waals surface area contributed by atoms with Crippen LogP contribution in [0.5, 0.6) is 0 Å². The average Bonchev–Trinajstić information content (AvgIpc) is 2.17. The van der Waals surface area contributed by atoms with Crippen LogP contribution in [0, 0.1) is 5.41 Å². The van der Waals surface area contributed by atoms with Crippen molar-refractivity contribution in [1.29, 1.82) is 0 Å². The molecule has 9 nitrogen and oxygen atoms in total. The Hall–Kier alpha value is 1.05. The van der Waals surface area contributed by atoms with Gasteiger partial charge in [-0.05, 0) is 33.7 Å². The van der Waals surface area contributed by atoms with Crippen molar-refractivity contribution >= 4 is 46.7 Å². The predicted octanol–water partition coefficient (Wildman–Crippen LogP) is -0.176. The molecule has 14 heteroatoms. The van der Waals surface area contributed by atoms with Gasteiger partial charge in [-0.3, -0.25) is 4.57 Å². The number of rotatable bonds is 4. The molecule has 0 unspecified atom stereocenters. The summed E-state index contributed by atoms with van der Waals surface area (Å²) in [5.41, 5.74) is -1.11. The van der Waals surface area contributed by atoms with Crippen molar-refractivity contribution < 1.29 is 44.2 Å². The van der Waals surface area contributed by atoms with E-state index in [-0.39, 0.29) is 0 Å². The smallest absolute Gasteiger partial charge is 0.396 e. The summed E-state index contributed by atoms with van der Waals surface area (Å²) in [6.07, 6.45) is 0. The number of hydrogen-bond donors (Lipinski definition) is 7. The number of hydrogen-bond acceptors (Lipinski definition) is 6. The Morgan fingerprint density at radius 3 is 0.842 bits per heavy atom. The average molecular weight is 387 g/mol. The molecule has 0 rings (SSSR count). The SMILES string of the molecule is O=P(Cl)(Cl)Cl.O=P(O)(O)O.OCC(CO)(CO)CO. The summed E-state index contributed by atoms with van der Waals surface area (Å²) in [6, 6.07) is 0. The molecule has 0 aromatic carbocycles. The third kappa shape index (κ3) is 32.5. The molecule has 0 bridgehead atoms. The van der Waals surface area contributed by atoms with Crippen molar-refractivity contribution in [2.75, 3.05) is 26.4 Å². The number of aliphatic hydroxyl groups excluding tert-OH is 4. The summed E-state index contributed by atoms with van der Waals surface area (Å²) in [4.78, 5) is 21.6. The summed E-state index contributed by atoms with van der Waals surface area (Å²) >= 11 is 13.8. The molecule has 120 valence electrons. The second-order valence-electron chi connectivity index (χ2n) is 3.04. The molecule has 0 saturated carbocycles. The quantitative estimate of drug-likeness (QED) is 0.323. The maximum atomic E-state index is 9.51. The second-order valence-corrected chi connectivity index (χ2v) is 10.7. The second kappa shape index (κ2) is 11.7. The maximum Gasteiger partial charge on any atom is 0.466 e. The molecular weight excluding hydrogens is 372 g/mol. The van der Waals surface area contributed by atoms with Crippen LogP contribution in [0.2, 0.25) is 0 Å². The van der Waals surface area contributed by atoms with E-state index >= 15 is 0 Å². The van der Waals surface area contributed by atoms with Gasteiger partial charge in [0.2, 0.25) is 0 Å². The highest BCUT2D eigenvalue weighted by atomic mass is 36.0. The molecule has 0 spiro atoms. The fraction of sp³-hybridized carbons (Fsp3) is 1.00. The zero-order valence-corrected chi connectivity index (χ0v) is 13.4. The van der Waals surface area contributed by atoms with Gasteiger partial charge in [0.25, 0.3) is 0 Å². The minimum absolute atomic E-state index is 0.406. The Balaban J connectivity index is -0.000000219. The van der Waals surface area contributed by atoms with Gasteiger partial charge < -0.3 is 35.1 Å². The number of phosphoric acid groups is 1.